The van der Waals surface area contributed by atoms with E-state index in [4.69, 9.17) is 37.4 Å². The van der Waals surface area contributed by atoms with Crippen molar-refractivity contribution < 1.29 is 27.4 Å². The first-order valence-corrected chi connectivity index (χ1v) is 11.1. The van der Waals surface area contributed by atoms with Crippen molar-refractivity contribution in [3.8, 4) is 11.5 Å². The van der Waals surface area contributed by atoms with Crippen LogP contribution in [0.25, 0.3) is 6.08 Å². The van der Waals surface area contributed by atoms with Gasteiger partial charge in [-0.2, -0.15) is 4.31 Å². The van der Waals surface area contributed by atoms with Crippen molar-refractivity contribution in [1.29, 1.82) is 0 Å². The molecule has 2 aromatic rings. The first-order valence-electron chi connectivity index (χ1n) is 8.92. The molecule has 2 aromatic carbocycles. The highest BCUT2D eigenvalue weighted by Crippen LogP contribution is 2.29. The number of benzene rings is 2. The van der Waals surface area contributed by atoms with Gasteiger partial charge in [0.1, 0.15) is 16.4 Å². The molecule has 3 rings (SSSR count). The third kappa shape index (κ3) is 5.33. The molecule has 1 aliphatic rings. The summed E-state index contributed by atoms with van der Waals surface area (Å²) in [7, 11) is -2.37. The van der Waals surface area contributed by atoms with Crippen LogP contribution in [0.2, 0.25) is 10.0 Å². The highest BCUT2D eigenvalue weighted by molar-refractivity contribution is 7.89. The van der Waals surface area contributed by atoms with Crippen molar-refractivity contribution in [2.75, 3.05) is 33.4 Å². The summed E-state index contributed by atoms with van der Waals surface area (Å²) in [5.74, 6) is -0.191. The van der Waals surface area contributed by atoms with Crippen molar-refractivity contribution >= 4 is 45.3 Å². The van der Waals surface area contributed by atoms with Gasteiger partial charge in [0.15, 0.2) is 0 Å². The lowest BCUT2D eigenvalue weighted by molar-refractivity contribution is -0.128. The lowest BCUT2D eigenvalue weighted by atomic mass is 10.2. The second-order valence-corrected chi connectivity index (χ2v) is 8.98. The Kier molecular flexibility index (Phi) is 7.38. The second-order valence-electron chi connectivity index (χ2n) is 6.26. The average molecular weight is 472 g/mol. The molecule has 1 fully saturated rings. The summed E-state index contributed by atoms with van der Waals surface area (Å²) >= 11 is 11.7. The van der Waals surface area contributed by atoms with Gasteiger partial charge in [-0.05, 0) is 35.9 Å². The van der Waals surface area contributed by atoms with Gasteiger partial charge < -0.3 is 14.2 Å². The van der Waals surface area contributed by atoms with Crippen LogP contribution in [-0.4, -0.2) is 52.1 Å². The van der Waals surface area contributed by atoms with Crippen molar-refractivity contribution in [3.05, 3.63) is 58.1 Å². The maximum absolute atomic E-state index is 13.0. The first-order chi connectivity index (χ1) is 14.3. The molecule has 0 spiro atoms. The molecule has 1 heterocycles. The number of halogens is 2. The van der Waals surface area contributed by atoms with Crippen LogP contribution in [0.4, 0.5) is 0 Å². The molecule has 1 saturated heterocycles. The Bertz CT molecular complexity index is 1060. The predicted octanol–water partition coefficient (Wildman–Crippen LogP) is 3.64. The fourth-order valence-corrected chi connectivity index (χ4v) is 4.67. The Balaban J connectivity index is 1.80. The Hall–Kier alpha value is -2.10. The molecule has 160 valence electrons. The zero-order valence-corrected chi connectivity index (χ0v) is 18.3. The number of methoxy groups -OCH3 is 1. The number of ether oxygens (including phenoxy) is 3. The molecule has 7 nitrogen and oxygen atoms in total. The van der Waals surface area contributed by atoms with E-state index in [1.54, 1.807) is 6.07 Å². The average Bonchev–Trinajstić information content (AvgIpc) is 2.75. The molecule has 0 radical (unpaired) electrons. The normalized spacial score (nSPS) is 15.3. The van der Waals surface area contributed by atoms with E-state index in [1.165, 1.54) is 53.9 Å². The van der Waals surface area contributed by atoms with Gasteiger partial charge in [0, 0.05) is 25.2 Å². The minimum absolute atomic E-state index is 0.0203. The largest absolute Gasteiger partial charge is 0.495 e. The second kappa shape index (κ2) is 9.80. The SMILES string of the molecule is COc1ccc(/C=C/C(=O)Oc2ccc(Cl)c(Cl)c2)cc1S(=O)(=O)N1CCOCC1. The quantitative estimate of drug-likeness (QED) is 0.363. The minimum Gasteiger partial charge on any atom is -0.495 e. The minimum atomic E-state index is -3.77. The van der Waals surface area contributed by atoms with Gasteiger partial charge in [-0.25, -0.2) is 13.2 Å². The summed E-state index contributed by atoms with van der Waals surface area (Å²) < 4.78 is 43.0. The van der Waals surface area contributed by atoms with Crippen molar-refractivity contribution in [3.63, 3.8) is 0 Å². The fourth-order valence-electron chi connectivity index (χ4n) is 2.78. The van der Waals surface area contributed by atoms with Gasteiger partial charge in [0.2, 0.25) is 10.0 Å². The molecule has 0 N–H and O–H groups in total. The number of hydrogen-bond acceptors (Lipinski definition) is 6. The van der Waals surface area contributed by atoms with E-state index in [2.05, 4.69) is 0 Å². The zero-order chi connectivity index (χ0) is 21.7. The smallest absolute Gasteiger partial charge is 0.336 e. The molecular formula is C20H19Cl2NO6S. The highest BCUT2D eigenvalue weighted by atomic mass is 35.5. The van der Waals surface area contributed by atoms with Crippen LogP contribution in [0.15, 0.2) is 47.4 Å². The summed E-state index contributed by atoms with van der Waals surface area (Å²) in [4.78, 5) is 12.1. The Morgan fingerprint density at radius 2 is 1.83 bits per heavy atom. The number of nitrogens with zero attached hydrogens (tertiary/aromatic N) is 1. The zero-order valence-electron chi connectivity index (χ0n) is 16.0. The van der Waals surface area contributed by atoms with E-state index in [9.17, 15) is 13.2 Å². The lowest BCUT2D eigenvalue weighted by Crippen LogP contribution is -2.40. The van der Waals surface area contributed by atoms with Crippen LogP contribution in [0.3, 0.4) is 0 Å². The molecule has 1 aliphatic heterocycles. The summed E-state index contributed by atoms with van der Waals surface area (Å²) in [6.07, 6.45) is 2.65. The number of morpholine rings is 1. The summed E-state index contributed by atoms with van der Waals surface area (Å²) in [5.41, 5.74) is 0.494. The maximum Gasteiger partial charge on any atom is 0.336 e. The number of hydrogen-bond donors (Lipinski definition) is 0. The first kappa shape index (κ1) is 22.6. The molecule has 10 heteroatoms. The number of esters is 1. The standard InChI is InChI=1S/C20H19Cl2NO6S/c1-27-18-6-2-14(12-19(18)30(25,26)23-8-10-28-11-9-23)3-7-20(24)29-15-4-5-16(21)17(22)13-15/h2-7,12-13H,8-11H2,1H3/b7-3+. The topological polar surface area (TPSA) is 82.1 Å². The van der Waals surface area contributed by atoms with Gasteiger partial charge in [0.25, 0.3) is 0 Å². The van der Waals surface area contributed by atoms with Gasteiger partial charge in [-0.15, -0.1) is 0 Å². The number of sulfonamides is 1. The lowest BCUT2D eigenvalue weighted by Gasteiger charge is -2.26. The Morgan fingerprint density at radius 1 is 1.10 bits per heavy atom. The van der Waals surface area contributed by atoms with Gasteiger partial charge >= 0.3 is 5.97 Å². The van der Waals surface area contributed by atoms with Crippen LogP contribution in [0.1, 0.15) is 5.56 Å². The summed E-state index contributed by atoms with van der Waals surface area (Å²) in [6.45, 7) is 1.20. The molecule has 0 unspecified atom stereocenters. The molecule has 0 atom stereocenters. The molecule has 0 amide bonds. The summed E-state index contributed by atoms with van der Waals surface area (Å²) in [5, 5.41) is 0.610. The van der Waals surface area contributed by atoms with Crippen LogP contribution < -0.4 is 9.47 Å². The van der Waals surface area contributed by atoms with Gasteiger partial charge in [-0.3, -0.25) is 0 Å². The molecule has 0 aliphatic carbocycles. The number of carbonyl (C=O) groups excluding carboxylic acids is 1. The maximum atomic E-state index is 13.0. The highest BCUT2D eigenvalue weighted by Gasteiger charge is 2.29. The predicted molar refractivity (Wildman–Crippen MR) is 114 cm³/mol. The summed E-state index contributed by atoms with van der Waals surface area (Å²) in [6, 6.07) is 9.09. The van der Waals surface area contributed by atoms with Crippen LogP contribution >= 0.6 is 23.2 Å². The van der Waals surface area contributed by atoms with Gasteiger partial charge in [-0.1, -0.05) is 29.3 Å². The van der Waals surface area contributed by atoms with E-state index in [0.29, 0.717) is 23.8 Å². The molecule has 0 bridgehead atoms. The van der Waals surface area contributed by atoms with Crippen molar-refractivity contribution in [2.24, 2.45) is 0 Å². The molecule has 0 saturated carbocycles. The fraction of sp³-hybridized carbons (Fsp3) is 0.250. The van der Waals surface area contributed by atoms with E-state index in [-0.39, 0.29) is 34.5 Å². The third-order valence-corrected chi connectivity index (χ3v) is 6.96. The monoisotopic (exact) mass is 471 g/mol. The third-order valence-electron chi connectivity index (χ3n) is 4.30. The van der Waals surface area contributed by atoms with E-state index in [0.717, 1.165) is 0 Å². The van der Waals surface area contributed by atoms with Gasteiger partial charge in [0.05, 0.1) is 30.4 Å². The van der Waals surface area contributed by atoms with Crippen LogP contribution in [0.5, 0.6) is 11.5 Å². The molecule has 0 aromatic heterocycles. The van der Waals surface area contributed by atoms with E-state index < -0.39 is 16.0 Å². The van der Waals surface area contributed by atoms with Crippen LogP contribution in [-0.2, 0) is 19.6 Å². The van der Waals surface area contributed by atoms with E-state index in [1.807, 2.05) is 0 Å². The molecule has 30 heavy (non-hydrogen) atoms. The Labute approximate surface area is 184 Å². The number of carbonyl (C=O) groups is 1. The van der Waals surface area contributed by atoms with Crippen LogP contribution in [0, 0.1) is 0 Å². The van der Waals surface area contributed by atoms with E-state index >= 15 is 0 Å². The molecular weight excluding hydrogens is 453 g/mol. The number of rotatable bonds is 6. The van der Waals surface area contributed by atoms with Crippen molar-refractivity contribution in [2.45, 2.75) is 4.90 Å². The van der Waals surface area contributed by atoms with Crippen molar-refractivity contribution in [1.82, 2.24) is 4.31 Å². The Morgan fingerprint density at radius 3 is 2.50 bits per heavy atom.